The van der Waals surface area contributed by atoms with Crippen LogP contribution in [-0.4, -0.2) is 35.9 Å². The molecular formula is C9H15N3O3S. The zero-order valence-electron chi connectivity index (χ0n) is 8.81. The molecule has 0 saturated heterocycles. The van der Waals surface area contributed by atoms with E-state index in [-0.39, 0.29) is 11.6 Å². The zero-order valence-corrected chi connectivity index (χ0v) is 9.63. The van der Waals surface area contributed by atoms with Crippen LogP contribution in [0.1, 0.15) is 25.7 Å². The Kier molecular flexibility index (Phi) is 3.00. The molecule has 0 spiro atoms. The zero-order chi connectivity index (χ0) is 11.6. The van der Waals surface area contributed by atoms with Gasteiger partial charge in [0, 0.05) is 6.54 Å². The molecule has 1 aliphatic carbocycles. The van der Waals surface area contributed by atoms with Gasteiger partial charge in [-0.05, 0) is 18.9 Å². The van der Waals surface area contributed by atoms with Crippen molar-refractivity contribution in [3.05, 3.63) is 12.3 Å². The van der Waals surface area contributed by atoms with Crippen molar-refractivity contribution in [1.82, 2.24) is 14.9 Å². The van der Waals surface area contributed by atoms with E-state index in [0.29, 0.717) is 12.8 Å². The second-order valence-corrected chi connectivity index (χ2v) is 5.91. The maximum atomic E-state index is 11.7. The van der Waals surface area contributed by atoms with E-state index in [0.717, 1.165) is 12.8 Å². The van der Waals surface area contributed by atoms with Crippen LogP contribution >= 0.6 is 0 Å². The number of hydrogen-bond acceptors (Lipinski definition) is 4. The van der Waals surface area contributed by atoms with Gasteiger partial charge >= 0.3 is 0 Å². The van der Waals surface area contributed by atoms with Crippen molar-refractivity contribution in [2.75, 3.05) is 6.54 Å². The highest BCUT2D eigenvalue weighted by Crippen LogP contribution is 2.28. The molecule has 90 valence electrons. The van der Waals surface area contributed by atoms with Crippen LogP contribution in [0.3, 0.4) is 0 Å². The monoisotopic (exact) mass is 245 g/mol. The highest BCUT2D eigenvalue weighted by molar-refractivity contribution is 7.89. The lowest BCUT2D eigenvalue weighted by molar-refractivity contribution is 0.0531. The maximum Gasteiger partial charge on any atom is 0.257 e. The van der Waals surface area contributed by atoms with Gasteiger partial charge in [-0.2, -0.15) is 5.10 Å². The highest BCUT2D eigenvalue weighted by Gasteiger charge is 2.32. The van der Waals surface area contributed by atoms with E-state index in [4.69, 9.17) is 0 Å². The van der Waals surface area contributed by atoms with Crippen LogP contribution in [0.15, 0.2) is 17.3 Å². The van der Waals surface area contributed by atoms with Crippen molar-refractivity contribution in [2.24, 2.45) is 0 Å². The summed E-state index contributed by atoms with van der Waals surface area (Å²) in [6, 6.07) is 1.38. The average Bonchev–Trinajstić information content (AvgIpc) is 2.86. The molecule has 0 aromatic carbocycles. The first-order valence-electron chi connectivity index (χ1n) is 5.23. The molecule has 1 fully saturated rings. The van der Waals surface area contributed by atoms with Gasteiger partial charge in [0.1, 0.15) is 0 Å². The number of aromatic nitrogens is 2. The molecule has 1 aromatic rings. The Bertz CT molecular complexity index is 435. The molecule has 16 heavy (non-hydrogen) atoms. The van der Waals surface area contributed by atoms with Crippen LogP contribution in [-0.2, 0) is 10.0 Å². The Labute approximate surface area is 94.1 Å². The van der Waals surface area contributed by atoms with E-state index in [1.54, 1.807) is 0 Å². The van der Waals surface area contributed by atoms with Crippen molar-refractivity contribution >= 4 is 10.0 Å². The predicted molar refractivity (Wildman–Crippen MR) is 57.2 cm³/mol. The number of nitrogens with zero attached hydrogens (tertiary/aromatic N) is 1. The number of aliphatic hydroxyl groups is 1. The topological polar surface area (TPSA) is 95.1 Å². The third-order valence-electron chi connectivity index (χ3n) is 2.89. The molecule has 0 amide bonds. The van der Waals surface area contributed by atoms with E-state index in [9.17, 15) is 13.5 Å². The Balaban J connectivity index is 2.00. The molecule has 0 atom stereocenters. The summed E-state index contributed by atoms with van der Waals surface area (Å²) in [4.78, 5) is 0. The van der Waals surface area contributed by atoms with Gasteiger partial charge in [0.25, 0.3) is 10.0 Å². The molecule has 0 unspecified atom stereocenters. The lowest BCUT2D eigenvalue weighted by Crippen LogP contribution is -2.40. The van der Waals surface area contributed by atoms with E-state index in [2.05, 4.69) is 14.9 Å². The average molecular weight is 245 g/mol. The maximum absolute atomic E-state index is 11.7. The lowest BCUT2D eigenvalue weighted by Gasteiger charge is -2.21. The molecule has 6 nitrogen and oxygen atoms in total. The number of nitrogens with one attached hydrogen (secondary N) is 2. The number of H-pyrrole nitrogens is 1. The fourth-order valence-corrected chi connectivity index (χ4v) is 2.94. The van der Waals surface area contributed by atoms with Crippen molar-refractivity contribution in [2.45, 2.75) is 36.3 Å². The van der Waals surface area contributed by atoms with Crippen LogP contribution < -0.4 is 4.72 Å². The summed E-state index contributed by atoms with van der Waals surface area (Å²) < 4.78 is 25.8. The summed E-state index contributed by atoms with van der Waals surface area (Å²) in [6.07, 6.45) is 4.57. The van der Waals surface area contributed by atoms with Crippen LogP contribution in [0.25, 0.3) is 0 Å². The Morgan fingerprint density at radius 2 is 2.19 bits per heavy atom. The van der Waals surface area contributed by atoms with Crippen LogP contribution in [0.5, 0.6) is 0 Å². The van der Waals surface area contributed by atoms with E-state index < -0.39 is 15.6 Å². The molecule has 0 bridgehead atoms. The lowest BCUT2D eigenvalue weighted by atomic mass is 10.0. The number of aromatic amines is 1. The van der Waals surface area contributed by atoms with Crippen molar-refractivity contribution in [3.63, 3.8) is 0 Å². The third kappa shape index (κ3) is 2.42. The van der Waals surface area contributed by atoms with Crippen molar-refractivity contribution < 1.29 is 13.5 Å². The van der Waals surface area contributed by atoms with Crippen LogP contribution in [0.4, 0.5) is 0 Å². The summed E-state index contributed by atoms with van der Waals surface area (Å²) in [5, 5.41) is 16.0. The van der Waals surface area contributed by atoms with Gasteiger partial charge in [0.15, 0.2) is 5.03 Å². The fraction of sp³-hybridized carbons (Fsp3) is 0.667. The Morgan fingerprint density at radius 3 is 2.75 bits per heavy atom. The summed E-state index contributed by atoms with van der Waals surface area (Å²) in [5.41, 5.74) is -0.882. The van der Waals surface area contributed by atoms with Gasteiger partial charge in [-0.25, -0.2) is 13.1 Å². The molecule has 0 radical (unpaired) electrons. The first-order valence-corrected chi connectivity index (χ1v) is 6.72. The molecule has 1 saturated carbocycles. The summed E-state index contributed by atoms with van der Waals surface area (Å²) in [7, 11) is -3.57. The molecule has 7 heteroatoms. The summed E-state index contributed by atoms with van der Waals surface area (Å²) in [5.74, 6) is 0. The molecule has 2 rings (SSSR count). The number of sulfonamides is 1. The van der Waals surface area contributed by atoms with Gasteiger partial charge in [-0.1, -0.05) is 12.8 Å². The summed E-state index contributed by atoms with van der Waals surface area (Å²) in [6.45, 7) is 0.0638. The quantitative estimate of drug-likeness (QED) is 0.695. The standard InChI is InChI=1S/C9H15N3O3S/c13-9(4-1-2-5-9)7-11-16(14,15)8-3-6-10-12-8/h3,6,11,13H,1-2,4-5,7H2,(H,10,12). The van der Waals surface area contributed by atoms with Crippen LogP contribution in [0.2, 0.25) is 0 Å². The molecule has 1 aliphatic rings. The molecule has 0 aliphatic heterocycles. The largest absolute Gasteiger partial charge is 0.389 e. The fourth-order valence-electron chi connectivity index (χ4n) is 1.91. The molecule has 1 aromatic heterocycles. The molecule has 1 heterocycles. The normalized spacial score (nSPS) is 20.1. The van der Waals surface area contributed by atoms with Gasteiger partial charge in [0.05, 0.1) is 11.8 Å². The SMILES string of the molecule is O=S(=O)(NCC1(O)CCCC1)c1ccn[nH]1. The van der Waals surface area contributed by atoms with Crippen molar-refractivity contribution in [3.8, 4) is 0 Å². The smallest absolute Gasteiger partial charge is 0.257 e. The predicted octanol–water partition coefficient (Wildman–Crippen LogP) is -0.00690. The molecule has 3 N–H and O–H groups in total. The van der Waals surface area contributed by atoms with E-state index in [1.807, 2.05) is 0 Å². The highest BCUT2D eigenvalue weighted by atomic mass is 32.2. The number of rotatable bonds is 4. The van der Waals surface area contributed by atoms with Crippen molar-refractivity contribution in [1.29, 1.82) is 0 Å². The summed E-state index contributed by atoms with van der Waals surface area (Å²) >= 11 is 0. The minimum absolute atomic E-state index is 0.0223. The Morgan fingerprint density at radius 1 is 1.50 bits per heavy atom. The second-order valence-electron chi connectivity index (χ2n) is 4.18. The van der Waals surface area contributed by atoms with Gasteiger partial charge in [-0.15, -0.1) is 0 Å². The minimum Gasteiger partial charge on any atom is -0.389 e. The number of hydrogen-bond donors (Lipinski definition) is 3. The van der Waals surface area contributed by atoms with Gasteiger partial charge in [0.2, 0.25) is 0 Å². The first-order chi connectivity index (χ1) is 7.52. The van der Waals surface area contributed by atoms with Gasteiger partial charge in [-0.3, -0.25) is 5.10 Å². The first kappa shape index (κ1) is 11.6. The minimum atomic E-state index is -3.57. The van der Waals surface area contributed by atoms with Crippen LogP contribution in [0, 0.1) is 0 Å². The van der Waals surface area contributed by atoms with E-state index in [1.165, 1.54) is 12.3 Å². The van der Waals surface area contributed by atoms with Gasteiger partial charge < -0.3 is 5.11 Å². The third-order valence-corrected chi connectivity index (χ3v) is 4.22. The van der Waals surface area contributed by atoms with E-state index >= 15 is 0 Å². The second kappa shape index (κ2) is 4.15. The molecular weight excluding hydrogens is 230 g/mol. The Hall–Kier alpha value is -0.920.